The van der Waals surface area contributed by atoms with Gasteiger partial charge in [0.25, 0.3) is 0 Å². The van der Waals surface area contributed by atoms with E-state index in [-0.39, 0.29) is 18.6 Å². The molecule has 0 aliphatic heterocycles. The van der Waals surface area contributed by atoms with Gasteiger partial charge in [0.1, 0.15) is 5.56 Å². The van der Waals surface area contributed by atoms with E-state index < -0.39 is 17.4 Å². The molecule has 158 valence electrons. The minimum Gasteiger partial charge on any atom is -0.481 e. The summed E-state index contributed by atoms with van der Waals surface area (Å²) < 4.78 is 12.4. The predicted octanol–water partition coefficient (Wildman–Crippen LogP) is 2.55. The van der Waals surface area contributed by atoms with Crippen LogP contribution in [0.2, 0.25) is 0 Å². The van der Waals surface area contributed by atoms with Crippen molar-refractivity contribution in [2.75, 3.05) is 26.4 Å². The SMILES string of the molecule is CCCn1cc(C(=O)O)c(=O)c2cc(CCCOCCOCCC(=O)O)ccc21. The molecular weight excluding hydrogens is 378 g/mol. The number of fused-ring (bicyclic) bond motifs is 1. The van der Waals surface area contributed by atoms with Gasteiger partial charge >= 0.3 is 11.9 Å². The lowest BCUT2D eigenvalue weighted by molar-refractivity contribution is -0.138. The van der Waals surface area contributed by atoms with Crippen LogP contribution in [-0.2, 0) is 27.2 Å². The zero-order valence-corrected chi connectivity index (χ0v) is 16.6. The van der Waals surface area contributed by atoms with Gasteiger partial charge in [-0.25, -0.2) is 4.79 Å². The predicted molar refractivity (Wildman–Crippen MR) is 108 cm³/mol. The van der Waals surface area contributed by atoms with Gasteiger partial charge in [-0.3, -0.25) is 9.59 Å². The van der Waals surface area contributed by atoms with Crippen molar-refractivity contribution in [1.29, 1.82) is 0 Å². The molecule has 0 unspecified atom stereocenters. The first-order valence-corrected chi connectivity index (χ1v) is 9.70. The molecule has 1 aromatic heterocycles. The fraction of sp³-hybridized carbons (Fsp3) is 0.476. The molecule has 8 nitrogen and oxygen atoms in total. The van der Waals surface area contributed by atoms with Gasteiger partial charge in [-0.2, -0.15) is 0 Å². The molecule has 2 rings (SSSR count). The molecule has 29 heavy (non-hydrogen) atoms. The van der Waals surface area contributed by atoms with Gasteiger partial charge < -0.3 is 24.3 Å². The third kappa shape index (κ3) is 6.69. The minimum absolute atomic E-state index is 0.0223. The van der Waals surface area contributed by atoms with Crippen LogP contribution >= 0.6 is 0 Å². The van der Waals surface area contributed by atoms with Crippen molar-refractivity contribution in [3.05, 3.63) is 45.7 Å². The average molecular weight is 405 g/mol. The van der Waals surface area contributed by atoms with Crippen molar-refractivity contribution >= 4 is 22.8 Å². The van der Waals surface area contributed by atoms with E-state index in [2.05, 4.69) is 0 Å². The second-order valence-electron chi connectivity index (χ2n) is 6.69. The number of rotatable bonds is 13. The Balaban J connectivity index is 1.93. The molecule has 2 N–H and O–H groups in total. The van der Waals surface area contributed by atoms with Crippen LogP contribution in [0.4, 0.5) is 0 Å². The molecule has 0 atom stereocenters. The Morgan fingerprint density at radius 2 is 1.79 bits per heavy atom. The highest BCUT2D eigenvalue weighted by atomic mass is 16.5. The summed E-state index contributed by atoms with van der Waals surface area (Å²) in [6.45, 7) is 4.05. The van der Waals surface area contributed by atoms with Crippen LogP contribution in [0.15, 0.2) is 29.2 Å². The summed E-state index contributed by atoms with van der Waals surface area (Å²) in [5, 5.41) is 18.2. The van der Waals surface area contributed by atoms with Crippen LogP contribution in [0.25, 0.3) is 10.9 Å². The molecule has 0 saturated carbocycles. The van der Waals surface area contributed by atoms with Gasteiger partial charge in [0.05, 0.1) is 31.8 Å². The zero-order valence-electron chi connectivity index (χ0n) is 16.6. The van der Waals surface area contributed by atoms with E-state index in [1.54, 1.807) is 6.07 Å². The summed E-state index contributed by atoms with van der Waals surface area (Å²) in [7, 11) is 0. The number of aryl methyl sites for hydroxylation is 2. The van der Waals surface area contributed by atoms with Gasteiger partial charge in [0.2, 0.25) is 5.43 Å². The van der Waals surface area contributed by atoms with E-state index in [1.807, 2.05) is 23.6 Å². The summed E-state index contributed by atoms with van der Waals surface area (Å²) in [5.41, 5.74) is 1.01. The first-order valence-electron chi connectivity index (χ1n) is 9.70. The van der Waals surface area contributed by atoms with E-state index in [4.69, 9.17) is 14.6 Å². The number of hydrogen-bond donors (Lipinski definition) is 2. The van der Waals surface area contributed by atoms with Crippen molar-refractivity contribution in [1.82, 2.24) is 4.57 Å². The molecule has 0 aliphatic rings. The summed E-state index contributed by atoms with van der Waals surface area (Å²) >= 11 is 0. The molecule has 0 spiro atoms. The van der Waals surface area contributed by atoms with Crippen LogP contribution in [-0.4, -0.2) is 53.1 Å². The van der Waals surface area contributed by atoms with E-state index >= 15 is 0 Å². The van der Waals surface area contributed by atoms with Gasteiger partial charge in [0, 0.05) is 24.7 Å². The normalized spacial score (nSPS) is 11.1. The van der Waals surface area contributed by atoms with Crippen LogP contribution in [0.3, 0.4) is 0 Å². The smallest absolute Gasteiger partial charge is 0.341 e. The average Bonchev–Trinajstić information content (AvgIpc) is 2.68. The Labute approximate surface area is 168 Å². The molecule has 0 radical (unpaired) electrons. The van der Waals surface area contributed by atoms with Crippen molar-refractivity contribution in [3.8, 4) is 0 Å². The van der Waals surface area contributed by atoms with Crippen molar-refractivity contribution in [2.45, 2.75) is 39.2 Å². The Kier molecular flexibility index (Phi) is 8.82. The van der Waals surface area contributed by atoms with Crippen LogP contribution in [0, 0.1) is 0 Å². The molecule has 0 aliphatic carbocycles. The maximum absolute atomic E-state index is 12.6. The minimum atomic E-state index is -1.22. The topological polar surface area (TPSA) is 115 Å². The number of carboxylic acids is 2. The molecule has 0 amide bonds. The number of aromatic carboxylic acids is 1. The lowest BCUT2D eigenvalue weighted by atomic mass is 10.0. The first kappa shape index (κ1) is 22.6. The van der Waals surface area contributed by atoms with Gasteiger partial charge in [0.15, 0.2) is 0 Å². The zero-order chi connectivity index (χ0) is 21.2. The lowest BCUT2D eigenvalue weighted by Crippen LogP contribution is -2.19. The standard InChI is InChI=1S/C21H27NO7/c1-2-8-22-14-17(21(26)27)20(25)16-13-15(5-6-18(16)22)4-3-9-28-11-12-29-10-7-19(23)24/h5-6,13-14H,2-4,7-12H2,1H3,(H,23,24)(H,26,27). The van der Waals surface area contributed by atoms with Crippen LogP contribution in [0.1, 0.15) is 42.1 Å². The van der Waals surface area contributed by atoms with Gasteiger partial charge in [-0.1, -0.05) is 13.0 Å². The number of hydrogen-bond acceptors (Lipinski definition) is 5. The number of carbonyl (C=O) groups is 2. The maximum atomic E-state index is 12.6. The molecular formula is C21H27NO7. The number of carboxylic acid groups (broad SMARTS) is 2. The maximum Gasteiger partial charge on any atom is 0.341 e. The second-order valence-corrected chi connectivity index (χ2v) is 6.69. The van der Waals surface area contributed by atoms with Crippen molar-refractivity contribution in [3.63, 3.8) is 0 Å². The Bertz CT molecular complexity index is 904. The van der Waals surface area contributed by atoms with Gasteiger partial charge in [-0.15, -0.1) is 0 Å². The van der Waals surface area contributed by atoms with E-state index in [0.29, 0.717) is 38.2 Å². The third-order valence-electron chi connectivity index (χ3n) is 4.43. The van der Waals surface area contributed by atoms with E-state index in [9.17, 15) is 19.5 Å². The quantitative estimate of drug-likeness (QED) is 0.492. The summed E-state index contributed by atoms with van der Waals surface area (Å²) in [6.07, 6.45) is 3.66. The Morgan fingerprint density at radius 3 is 2.45 bits per heavy atom. The Morgan fingerprint density at radius 1 is 1.07 bits per heavy atom. The van der Waals surface area contributed by atoms with E-state index in [1.165, 1.54) is 6.20 Å². The highest BCUT2D eigenvalue weighted by molar-refractivity contribution is 5.92. The van der Waals surface area contributed by atoms with E-state index in [0.717, 1.165) is 23.9 Å². The van der Waals surface area contributed by atoms with Crippen LogP contribution in [0.5, 0.6) is 0 Å². The number of nitrogens with zero attached hydrogens (tertiary/aromatic N) is 1. The van der Waals surface area contributed by atoms with Crippen molar-refractivity contribution in [2.24, 2.45) is 0 Å². The summed E-state index contributed by atoms with van der Waals surface area (Å²) in [5.74, 6) is -2.11. The largest absolute Gasteiger partial charge is 0.481 e. The number of benzene rings is 1. The fourth-order valence-electron chi connectivity index (χ4n) is 3.04. The highest BCUT2D eigenvalue weighted by Crippen LogP contribution is 2.16. The third-order valence-corrected chi connectivity index (χ3v) is 4.43. The number of aliphatic carboxylic acids is 1. The Hall–Kier alpha value is -2.71. The number of aromatic nitrogens is 1. The second kappa shape index (κ2) is 11.3. The molecule has 1 aromatic carbocycles. The first-order chi connectivity index (χ1) is 13.9. The molecule has 8 heteroatoms. The van der Waals surface area contributed by atoms with Gasteiger partial charge in [-0.05, 0) is 37.0 Å². The molecule has 0 bridgehead atoms. The highest BCUT2D eigenvalue weighted by Gasteiger charge is 2.14. The molecule has 0 fully saturated rings. The molecule has 1 heterocycles. The molecule has 2 aromatic rings. The number of ether oxygens (including phenoxy) is 2. The monoisotopic (exact) mass is 405 g/mol. The molecule has 0 saturated heterocycles. The fourth-order valence-corrected chi connectivity index (χ4v) is 3.04. The van der Waals surface area contributed by atoms with Crippen molar-refractivity contribution < 1.29 is 29.3 Å². The summed E-state index contributed by atoms with van der Waals surface area (Å²) in [4.78, 5) is 34.3. The van der Waals surface area contributed by atoms with Crippen LogP contribution < -0.4 is 5.43 Å². The summed E-state index contributed by atoms with van der Waals surface area (Å²) in [6, 6.07) is 5.58. The lowest BCUT2D eigenvalue weighted by Gasteiger charge is -2.12. The number of pyridine rings is 1.